The smallest absolute Gasteiger partial charge is 0.259 e. The van der Waals surface area contributed by atoms with Gasteiger partial charge in [-0.25, -0.2) is 0 Å². The van der Waals surface area contributed by atoms with Gasteiger partial charge in [-0.2, -0.15) is 0 Å². The predicted octanol–water partition coefficient (Wildman–Crippen LogP) is 2.73. The number of aromatic nitrogens is 2. The summed E-state index contributed by atoms with van der Waals surface area (Å²) in [7, 11) is 1.59. The molecule has 0 fully saturated rings. The molecule has 1 amide bonds. The molecule has 6 heteroatoms. The summed E-state index contributed by atoms with van der Waals surface area (Å²) in [6.45, 7) is 1.76. The Bertz CT molecular complexity index is 773. The highest BCUT2D eigenvalue weighted by atomic mass is 16.5. The molecule has 0 spiro atoms. The number of fused-ring (bicyclic) bond motifs is 1. The van der Waals surface area contributed by atoms with Crippen molar-refractivity contribution in [3.05, 3.63) is 41.8 Å². The molecule has 0 atom stereocenters. The van der Waals surface area contributed by atoms with E-state index in [1.54, 1.807) is 26.3 Å². The normalized spacial score (nSPS) is 10.7. The minimum absolute atomic E-state index is 0.252. The van der Waals surface area contributed by atoms with E-state index in [4.69, 9.17) is 9.26 Å². The summed E-state index contributed by atoms with van der Waals surface area (Å²) in [4.78, 5) is 15.3. The Morgan fingerprint density at radius 2 is 2.25 bits per heavy atom. The largest absolute Gasteiger partial charge is 0.497 e. The van der Waals surface area contributed by atoms with Gasteiger partial charge in [-0.3, -0.25) is 4.79 Å². The molecule has 6 nitrogen and oxygen atoms in total. The Hall–Kier alpha value is -2.76. The van der Waals surface area contributed by atoms with Crippen molar-refractivity contribution in [3.8, 4) is 5.75 Å². The molecule has 0 aliphatic rings. The first-order valence-corrected chi connectivity index (χ1v) is 6.07. The highest BCUT2D eigenvalue weighted by Crippen LogP contribution is 2.24. The molecule has 0 saturated carbocycles. The number of hydrogen-bond acceptors (Lipinski definition) is 4. The van der Waals surface area contributed by atoms with Gasteiger partial charge in [0.25, 0.3) is 5.91 Å². The summed E-state index contributed by atoms with van der Waals surface area (Å²) >= 11 is 0. The maximum absolute atomic E-state index is 12.2. The summed E-state index contributed by atoms with van der Waals surface area (Å²) in [6, 6.07) is 7.18. The van der Waals surface area contributed by atoms with Crippen LogP contribution in [0.2, 0.25) is 0 Å². The van der Waals surface area contributed by atoms with E-state index >= 15 is 0 Å². The number of nitrogens with one attached hydrogen (secondary N) is 2. The van der Waals surface area contributed by atoms with Crippen LogP contribution in [0.4, 0.5) is 5.82 Å². The van der Waals surface area contributed by atoms with Crippen LogP contribution in [-0.2, 0) is 0 Å². The molecule has 0 bridgehead atoms. The number of aryl methyl sites for hydroxylation is 1. The maximum atomic E-state index is 12.2. The van der Waals surface area contributed by atoms with Crippen molar-refractivity contribution >= 4 is 22.6 Å². The van der Waals surface area contributed by atoms with Gasteiger partial charge in [0.05, 0.1) is 12.7 Å². The van der Waals surface area contributed by atoms with Gasteiger partial charge in [-0.05, 0) is 25.1 Å². The number of amides is 1. The summed E-state index contributed by atoms with van der Waals surface area (Å²) in [5.74, 6) is 1.48. The zero-order chi connectivity index (χ0) is 14.1. The Morgan fingerprint density at radius 1 is 1.40 bits per heavy atom. The van der Waals surface area contributed by atoms with Crippen molar-refractivity contribution in [1.82, 2.24) is 10.1 Å². The van der Waals surface area contributed by atoms with Gasteiger partial charge in [0.1, 0.15) is 11.5 Å². The Kier molecular flexibility index (Phi) is 2.90. The van der Waals surface area contributed by atoms with Crippen LogP contribution < -0.4 is 10.1 Å². The van der Waals surface area contributed by atoms with Gasteiger partial charge in [-0.1, -0.05) is 5.16 Å². The molecule has 102 valence electrons. The summed E-state index contributed by atoms with van der Waals surface area (Å²) < 4.78 is 10.1. The van der Waals surface area contributed by atoms with E-state index in [0.717, 1.165) is 10.9 Å². The zero-order valence-corrected chi connectivity index (χ0v) is 11.1. The van der Waals surface area contributed by atoms with E-state index in [2.05, 4.69) is 15.5 Å². The van der Waals surface area contributed by atoms with Crippen molar-refractivity contribution in [3.63, 3.8) is 0 Å². The lowest BCUT2D eigenvalue weighted by molar-refractivity contribution is 0.102. The number of nitrogens with zero attached hydrogens (tertiary/aromatic N) is 1. The quantitative estimate of drug-likeness (QED) is 0.767. The predicted molar refractivity (Wildman–Crippen MR) is 74.0 cm³/mol. The van der Waals surface area contributed by atoms with Crippen molar-refractivity contribution in [2.45, 2.75) is 6.92 Å². The van der Waals surface area contributed by atoms with Crippen molar-refractivity contribution in [2.24, 2.45) is 0 Å². The van der Waals surface area contributed by atoms with E-state index < -0.39 is 0 Å². The lowest BCUT2D eigenvalue weighted by Gasteiger charge is -2.02. The number of methoxy groups -OCH3 is 1. The summed E-state index contributed by atoms with van der Waals surface area (Å²) in [5, 5.41) is 7.22. The lowest BCUT2D eigenvalue weighted by Crippen LogP contribution is -2.11. The number of ether oxygens (including phenoxy) is 1. The number of hydrogen-bond donors (Lipinski definition) is 2. The third kappa shape index (κ3) is 2.11. The molecule has 20 heavy (non-hydrogen) atoms. The number of carbonyl (C=O) groups excluding carboxylic acids is 1. The first-order valence-electron chi connectivity index (χ1n) is 6.07. The molecule has 0 radical (unpaired) electrons. The third-order valence-electron chi connectivity index (χ3n) is 3.00. The molecule has 0 aliphatic heterocycles. The van der Waals surface area contributed by atoms with Gasteiger partial charge >= 0.3 is 0 Å². The molecule has 2 aromatic heterocycles. The monoisotopic (exact) mass is 271 g/mol. The minimum Gasteiger partial charge on any atom is -0.497 e. The molecule has 2 heterocycles. The molecule has 1 aromatic carbocycles. The summed E-state index contributed by atoms with van der Waals surface area (Å²) in [6.07, 6.45) is 1.66. The fourth-order valence-corrected chi connectivity index (χ4v) is 2.02. The highest BCUT2D eigenvalue weighted by molar-refractivity contribution is 6.12. The van der Waals surface area contributed by atoms with Gasteiger partial charge in [0, 0.05) is 23.2 Å². The molecule has 3 rings (SSSR count). The number of carbonyl (C=O) groups is 1. The van der Waals surface area contributed by atoms with E-state index in [1.165, 1.54) is 0 Å². The fraction of sp³-hybridized carbons (Fsp3) is 0.143. The Balaban J connectivity index is 1.94. The number of anilines is 1. The van der Waals surface area contributed by atoms with Crippen LogP contribution in [0.25, 0.3) is 10.9 Å². The van der Waals surface area contributed by atoms with Crippen LogP contribution in [0.3, 0.4) is 0 Å². The average molecular weight is 271 g/mol. The van der Waals surface area contributed by atoms with Crippen LogP contribution in [-0.4, -0.2) is 23.2 Å². The van der Waals surface area contributed by atoms with Gasteiger partial charge < -0.3 is 19.6 Å². The minimum atomic E-state index is -0.252. The van der Waals surface area contributed by atoms with Crippen molar-refractivity contribution in [2.75, 3.05) is 12.4 Å². The second-order valence-electron chi connectivity index (χ2n) is 4.39. The molecule has 0 aliphatic carbocycles. The van der Waals surface area contributed by atoms with E-state index in [-0.39, 0.29) is 5.91 Å². The highest BCUT2D eigenvalue weighted by Gasteiger charge is 2.14. The lowest BCUT2D eigenvalue weighted by atomic mass is 10.1. The Labute approximate surface area is 114 Å². The van der Waals surface area contributed by atoms with Gasteiger partial charge in [-0.15, -0.1) is 0 Å². The molecule has 0 unspecified atom stereocenters. The van der Waals surface area contributed by atoms with E-state index in [9.17, 15) is 4.79 Å². The molecular weight excluding hydrogens is 258 g/mol. The number of H-pyrrole nitrogens is 1. The Morgan fingerprint density at radius 3 is 2.95 bits per heavy atom. The fourth-order valence-electron chi connectivity index (χ4n) is 2.02. The van der Waals surface area contributed by atoms with Crippen LogP contribution in [0.1, 0.15) is 16.1 Å². The van der Waals surface area contributed by atoms with Crippen LogP contribution >= 0.6 is 0 Å². The molecular formula is C14H13N3O3. The average Bonchev–Trinajstić information content (AvgIpc) is 3.04. The maximum Gasteiger partial charge on any atom is 0.259 e. The topological polar surface area (TPSA) is 80.2 Å². The number of aromatic amines is 1. The molecule has 2 N–H and O–H groups in total. The second kappa shape index (κ2) is 4.73. The number of rotatable bonds is 3. The first kappa shape index (κ1) is 12.3. The van der Waals surface area contributed by atoms with E-state index in [0.29, 0.717) is 22.9 Å². The van der Waals surface area contributed by atoms with Crippen LogP contribution in [0.5, 0.6) is 5.75 Å². The summed E-state index contributed by atoms with van der Waals surface area (Å²) in [5.41, 5.74) is 1.40. The zero-order valence-electron chi connectivity index (χ0n) is 11.1. The standard InChI is InChI=1S/C14H13N3O3/c1-8-5-13(17-20-8)16-14(18)11-7-15-12-4-3-9(19-2)6-10(11)12/h3-7,15H,1-2H3,(H,16,17,18). The van der Waals surface area contributed by atoms with Crippen molar-refractivity contribution < 1.29 is 14.1 Å². The van der Waals surface area contributed by atoms with Crippen LogP contribution in [0.15, 0.2) is 35.0 Å². The van der Waals surface area contributed by atoms with Crippen LogP contribution in [0, 0.1) is 6.92 Å². The van der Waals surface area contributed by atoms with Gasteiger partial charge in [0.15, 0.2) is 5.82 Å². The van der Waals surface area contributed by atoms with E-state index in [1.807, 2.05) is 18.2 Å². The first-order chi connectivity index (χ1) is 9.67. The second-order valence-corrected chi connectivity index (χ2v) is 4.39. The van der Waals surface area contributed by atoms with Gasteiger partial charge in [0.2, 0.25) is 0 Å². The van der Waals surface area contributed by atoms with Crippen molar-refractivity contribution in [1.29, 1.82) is 0 Å². The SMILES string of the molecule is COc1ccc2[nH]cc(C(=O)Nc3cc(C)on3)c2c1. The molecule has 3 aromatic rings. The number of benzene rings is 1. The molecule has 0 saturated heterocycles. The third-order valence-corrected chi connectivity index (χ3v) is 3.00.